The quantitative estimate of drug-likeness (QED) is 0.574. The van der Waals surface area contributed by atoms with Crippen molar-refractivity contribution >= 4 is 0 Å². The predicted molar refractivity (Wildman–Crippen MR) is 33.2 cm³/mol. The highest BCUT2D eigenvalue weighted by molar-refractivity contribution is 5.26. The number of halogens is 3. The molecule has 0 N–H and O–H groups in total. The second-order valence-corrected chi connectivity index (χ2v) is 2.37. The molecule has 1 nitrogen and oxygen atoms in total. The van der Waals surface area contributed by atoms with Crippen LogP contribution in [0.5, 0.6) is 0 Å². The first-order valence-electron chi connectivity index (χ1n) is 3.05. The average molecular weight is 164 g/mol. The predicted octanol–water partition coefficient (Wildman–Crippen LogP) is 2.92. The smallest absolute Gasteiger partial charge is 0.449 e. The van der Waals surface area contributed by atoms with Crippen LogP contribution in [0.1, 0.15) is 16.9 Å². The fourth-order valence-electron chi connectivity index (χ4n) is 0.783. The summed E-state index contributed by atoms with van der Waals surface area (Å²) >= 11 is 0. The molecule has 1 heterocycles. The largest absolute Gasteiger partial charge is 0.459 e. The highest BCUT2D eigenvalue weighted by Crippen LogP contribution is 2.33. The molecular weight excluding hydrogens is 157 g/mol. The van der Waals surface area contributed by atoms with Crippen LogP contribution in [0.3, 0.4) is 0 Å². The van der Waals surface area contributed by atoms with E-state index in [9.17, 15) is 13.2 Å². The average Bonchev–Trinajstić information content (AvgIpc) is 2.11. The third-order valence-electron chi connectivity index (χ3n) is 1.54. The van der Waals surface area contributed by atoms with Crippen LogP contribution in [0, 0.1) is 13.8 Å². The monoisotopic (exact) mass is 164 g/mol. The Balaban J connectivity index is 3.15. The second kappa shape index (κ2) is 2.29. The third-order valence-corrected chi connectivity index (χ3v) is 1.54. The summed E-state index contributed by atoms with van der Waals surface area (Å²) in [6.45, 7) is 2.97. The van der Waals surface area contributed by atoms with E-state index in [1.165, 1.54) is 6.92 Å². The van der Waals surface area contributed by atoms with Gasteiger partial charge in [-0.1, -0.05) is 0 Å². The van der Waals surface area contributed by atoms with E-state index in [1.807, 2.05) is 0 Å². The molecule has 0 unspecified atom stereocenters. The Morgan fingerprint density at radius 2 is 1.82 bits per heavy atom. The van der Waals surface area contributed by atoms with Gasteiger partial charge in [-0.2, -0.15) is 13.2 Å². The maximum absolute atomic E-state index is 12.0. The van der Waals surface area contributed by atoms with Crippen molar-refractivity contribution in [1.29, 1.82) is 0 Å². The van der Waals surface area contributed by atoms with E-state index >= 15 is 0 Å². The summed E-state index contributed by atoms with van der Waals surface area (Å²) in [4.78, 5) is 0. The third kappa shape index (κ3) is 1.39. The number of aryl methyl sites for hydroxylation is 1. The summed E-state index contributed by atoms with van der Waals surface area (Å²) in [5.74, 6) is -0.894. The zero-order chi connectivity index (χ0) is 8.65. The topological polar surface area (TPSA) is 13.1 Å². The van der Waals surface area contributed by atoms with Gasteiger partial charge >= 0.3 is 6.18 Å². The summed E-state index contributed by atoms with van der Waals surface area (Å²) in [7, 11) is 0. The number of alkyl halides is 3. The van der Waals surface area contributed by atoms with E-state index in [-0.39, 0.29) is 5.56 Å². The first-order valence-corrected chi connectivity index (χ1v) is 3.05. The number of rotatable bonds is 0. The van der Waals surface area contributed by atoms with E-state index in [0.717, 1.165) is 6.26 Å². The molecule has 11 heavy (non-hydrogen) atoms. The SMILES string of the molecule is Cc1coc(C(F)(F)F)c1C. The van der Waals surface area contributed by atoms with Gasteiger partial charge in [-0.15, -0.1) is 0 Å². The van der Waals surface area contributed by atoms with Crippen molar-refractivity contribution in [3.8, 4) is 0 Å². The molecule has 0 saturated heterocycles. The Bertz CT molecular complexity index is 259. The number of hydrogen-bond acceptors (Lipinski definition) is 1. The molecule has 0 radical (unpaired) electrons. The van der Waals surface area contributed by atoms with Crippen LogP contribution < -0.4 is 0 Å². The van der Waals surface area contributed by atoms with Crippen LogP contribution in [-0.2, 0) is 6.18 Å². The zero-order valence-electron chi connectivity index (χ0n) is 6.12. The lowest BCUT2D eigenvalue weighted by molar-refractivity contribution is -0.153. The minimum atomic E-state index is -4.36. The molecule has 1 rings (SSSR count). The maximum Gasteiger partial charge on any atom is 0.449 e. The zero-order valence-corrected chi connectivity index (χ0v) is 6.12. The van der Waals surface area contributed by atoms with Gasteiger partial charge in [-0.25, -0.2) is 0 Å². The molecule has 1 aromatic heterocycles. The summed E-state index contributed by atoms with van der Waals surface area (Å²) in [5, 5.41) is 0. The lowest BCUT2D eigenvalue weighted by atomic mass is 10.2. The Hall–Kier alpha value is -0.930. The standard InChI is InChI=1S/C7H7F3O/c1-4-3-11-6(5(4)2)7(8,9)10/h3H,1-2H3. The van der Waals surface area contributed by atoms with Gasteiger partial charge in [0.2, 0.25) is 5.76 Å². The minimum Gasteiger partial charge on any atom is -0.459 e. The first-order chi connectivity index (χ1) is 4.93. The van der Waals surface area contributed by atoms with Crippen LogP contribution in [0.4, 0.5) is 13.2 Å². The molecular formula is C7H7F3O. The van der Waals surface area contributed by atoms with Gasteiger partial charge in [-0.05, 0) is 19.4 Å². The van der Waals surface area contributed by atoms with Crippen LogP contribution in [0.15, 0.2) is 10.7 Å². The van der Waals surface area contributed by atoms with Gasteiger partial charge in [0.25, 0.3) is 0 Å². The van der Waals surface area contributed by atoms with Crippen molar-refractivity contribution in [2.24, 2.45) is 0 Å². The van der Waals surface area contributed by atoms with E-state index in [1.54, 1.807) is 6.92 Å². The van der Waals surface area contributed by atoms with Gasteiger partial charge in [0.1, 0.15) is 0 Å². The van der Waals surface area contributed by atoms with Crippen molar-refractivity contribution in [2.45, 2.75) is 20.0 Å². The maximum atomic E-state index is 12.0. The van der Waals surface area contributed by atoms with Gasteiger partial charge in [0.05, 0.1) is 6.26 Å². The van der Waals surface area contributed by atoms with Crippen molar-refractivity contribution in [3.05, 3.63) is 23.2 Å². The molecule has 0 spiro atoms. The molecule has 1 aromatic rings. The van der Waals surface area contributed by atoms with E-state index in [0.29, 0.717) is 5.56 Å². The molecule has 0 bridgehead atoms. The molecule has 0 aliphatic rings. The molecule has 0 fully saturated rings. The van der Waals surface area contributed by atoms with E-state index in [4.69, 9.17) is 0 Å². The summed E-state index contributed by atoms with van der Waals surface area (Å²) in [5.41, 5.74) is 0.690. The molecule has 0 aromatic carbocycles. The molecule has 0 aliphatic heterocycles. The normalized spacial score (nSPS) is 12.1. The molecule has 0 aliphatic carbocycles. The lowest BCUT2D eigenvalue weighted by Gasteiger charge is -2.02. The van der Waals surface area contributed by atoms with Crippen molar-refractivity contribution in [1.82, 2.24) is 0 Å². The van der Waals surface area contributed by atoms with Gasteiger partial charge < -0.3 is 4.42 Å². The Kier molecular flexibility index (Phi) is 1.70. The summed E-state index contributed by atoms with van der Waals surface area (Å²) in [6, 6.07) is 0. The molecule has 62 valence electrons. The van der Waals surface area contributed by atoms with Crippen molar-refractivity contribution in [2.75, 3.05) is 0 Å². The summed E-state index contributed by atoms with van der Waals surface area (Å²) in [6.07, 6.45) is -3.25. The summed E-state index contributed by atoms with van der Waals surface area (Å²) < 4.78 is 40.2. The first kappa shape index (κ1) is 8.17. The van der Waals surface area contributed by atoms with E-state index < -0.39 is 11.9 Å². The van der Waals surface area contributed by atoms with Gasteiger partial charge in [0.15, 0.2) is 0 Å². The van der Waals surface area contributed by atoms with Crippen molar-refractivity contribution in [3.63, 3.8) is 0 Å². The number of hydrogen-bond donors (Lipinski definition) is 0. The van der Waals surface area contributed by atoms with Crippen LogP contribution in [-0.4, -0.2) is 0 Å². The highest BCUT2D eigenvalue weighted by atomic mass is 19.4. The second-order valence-electron chi connectivity index (χ2n) is 2.37. The van der Waals surface area contributed by atoms with Crippen molar-refractivity contribution < 1.29 is 17.6 Å². The van der Waals surface area contributed by atoms with Crippen LogP contribution in [0.2, 0.25) is 0 Å². The minimum absolute atomic E-state index is 0.164. The molecule has 0 saturated carbocycles. The molecule has 4 heteroatoms. The van der Waals surface area contributed by atoms with Gasteiger partial charge in [0, 0.05) is 5.56 Å². The van der Waals surface area contributed by atoms with Crippen LogP contribution in [0.25, 0.3) is 0 Å². The van der Waals surface area contributed by atoms with Gasteiger partial charge in [-0.3, -0.25) is 0 Å². The molecule has 0 amide bonds. The Morgan fingerprint density at radius 3 is 2.00 bits per heavy atom. The number of furan rings is 1. The molecule has 0 atom stereocenters. The van der Waals surface area contributed by atoms with Crippen LogP contribution >= 0.6 is 0 Å². The van der Waals surface area contributed by atoms with E-state index in [2.05, 4.69) is 4.42 Å². The Labute approximate surface area is 61.8 Å². The highest BCUT2D eigenvalue weighted by Gasteiger charge is 2.36. The fourth-order valence-corrected chi connectivity index (χ4v) is 0.783. The fraction of sp³-hybridized carbons (Fsp3) is 0.429. The lowest BCUT2D eigenvalue weighted by Crippen LogP contribution is -2.04. The Morgan fingerprint density at radius 1 is 1.27 bits per heavy atom.